The molecule has 7 heteroatoms. The van der Waals surface area contributed by atoms with E-state index in [0.29, 0.717) is 33.2 Å². The first-order valence-electron chi connectivity index (χ1n) is 11.8. The zero-order valence-corrected chi connectivity index (χ0v) is 21.3. The standard InChI is InChI=1S/C30H25N3O3S/c1-20-15-21(2)17-23(16-20)33-29(35)26-13-6-7-14-27(26)32-30(33)37-19-28(34)31-22-9-8-12-25(18-22)36-24-10-4-3-5-11-24/h3-18H,19H2,1-2H3,(H,31,34). The van der Waals surface area contributed by atoms with Crippen molar-refractivity contribution < 1.29 is 9.53 Å². The minimum absolute atomic E-state index is 0.0827. The van der Waals surface area contributed by atoms with E-state index in [1.807, 2.05) is 86.6 Å². The number of nitrogens with one attached hydrogen (secondary N) is 1. The third-order valence-corrected chi connectivity index (χ3v) is 6.58. The number of carbonyl (C=O) groups excluding carboxylic acids is 1. The number of anilines is 1. The number of fused-ring (bicyclic) bond motifs is 1. The van der Waals surface area contributed by atoms with Crippen molar-refractivity contribution in [1.82, 2.24) is 9.55 Å². The summed E-state index contributed by atoms with van der Waals surface area (Å²) in [5.41, 5.74) is 3.88. The molecule has 0 aliphatic rings. The van der Waals surface area contributed by atoms with Crippen LogP contribution in [0.15, 0.2) is 107 Å². The first-order valence-corrected chi connectivity index (χ1v) is 12.8. The Morgan fingerprint density at radius 2 is 1.57 bits per heavy atom. The Kier molecular flexibility index (Phi) is 7.05. The van der Waals surface area contributed by atoms with E-state index in [1.54, 1.807) is 22.8 Å². The summed E-state index contributed by atoms with van der Waals surface area (Å²) in [6.45, 7) is 3.98. The van der Waals surface area contributed by atoms with Gasteiger partial charge in [-0.3, -0.25) is 14.2 Å². The molecule has 0 aliphatic heterocycles. The second-order valence-corrected chi connectivity index (χ2v) is 9.62. The van der Waals surface area contributed by atoms with Crippen LogP contribution in [0.4, 0.5) is 5.69 Å². The van der Waals surface area contributed by atoms with Crippen molar-refractivity contribution in [3.05, 3.63) is 119 Å². The monoisotopic (exact) mass is 507 g/mol. The van der Waals surface area contributed by atoms with Crippen molar-refractivity contribution in [2.75, 3.05) is 11.1 Å². The maximum Gasteiger partial charge on any atom is 0.266 e. The highest BCUT2D eigenvalue weighted by Crippen LogP contribution is 2.25. The Morgan fingerprint density at radius 1 is 0.865 bits per heavy atom. The van der Waals surface area contributed by atoms with Crippen LogP contribution in [0.25, 0.3) is 16.6 Å². The van der Waals surface area contributed by atoms with Crippen LogP contribution in [0.2, 0.25) is 0 Å². The first-order chi connectivity index (χ1) is 18.0. The average molecular weight is 508 g/mol. The SMILES string of the molecule is Cc1cc(C)cc(-n2c(SCC(=O)Nc3cccc(Oc4ccccc4)c3)nc3ccccc3c2=O)c1. The van der Waals surface area contributed by atoms with Crippen LogP contribution < -0.4 is 15.6 Å². The number of thioether (sulfide) groups is 1. The minimum atomic E-state index is -0.212. The number of para-hydroxylation sites is 2. The van der Waals surface area contributed by atoms with Gasteiger partial charge in [0, 0.05) is 11.8 Å². The molecule has 0 saturated carbocycles. The Balaban J connectivity index is 1.38. The normalized spacial score (nSPS) is 10.9. The molecule has 0 spiro atoms. The number of rotatable bonds is 7. The molecule has 1 amide bonds. The molecule has 0 bridgehead atoms. The molecule has 0 atom stereocenters. The van der Waals surface area contributed by atoms with Crippen LogP contribution in [0.5, 0.6) is 11.5 Å². The molecule has 5 rings (SSSR count). The highest BCUT2D eigenvalue weighted by atomic mass is 32.2. The lowest BCUT2D eigenvalue weighted by Gasteiger charge is -2.14. The molecule has 1 aromatic heterocycles. The molecule has 184 valence electrons. The van der Waals surface area contributed by atoms with E-state index in [1.165, 1.54) is 11.8 Å². The van der Waals surface area contributed by atoms with Gasteiger partial charge < -0.3 is 10.1 Å². The number of hydrogen-bond donors (Lipinski definition) is 1. The van der Waals surface area contributed by atoms with Gasteiger partial charge in [0.1, 0.15) is 11.5 Å². The summed E-state index contributed by atoms with van der Waals surface area (Å²) in [4.78, 5) is 31.1. The summed E-state index contributed by atoms with van der Waals surface area (Å²) in [6, 6.07) is 29.9. The average Bonchev–Trinajstić information content (AvgIpc) is 2.88. The Labute approximate surface area is 219 Å². The highest BCUT2D eigenvalue weighted by molar-refractivity contribution is 7.99. The summed E-state index contributed by atoms with van der Waals surface area (Å²) < 4.78 is 7.46. The topological polar surface area (TPSA) is 73.2 Å². The molecule has 0 aliphatic carbocycles. The van der Waals surface area contributed by atoms with E-state index in [0.717, 1.165) is 16.8 Å². The zero-order chi connectivity index (χ0) is 25.8. The quantitative estimate of drug-likeness (QED) is 0.200. The van der Waals surface area contributed by atoms with Gasteiger partial charge in [0.05, 0.1) is 22.3 Å². The molecule has 5 aromatic rings. The van der Waals surface area contributed by atoms with Crippen molar-refractivity contribution in [2.45, 2.75) is 19.0 Å². The lowest BCUT2D eigenvalue weighted by molar-refractivity contribution is -0.113. The second kappa shape index (κ2) is 10.7. The van der Waals surface area contributed by atoms with Crippen LogP contribution in [0.3, 0.4) is 0 Å². The number of nitrogens with zero attached hydrogens (tertiary/aromatic N) is 2. The molecule has 37 heavy (non-hydrogen) atoms. The molecule has 6 nitrogen and oxygen atoms in total. The smallest absolute Gasteiger partial charge is 0.266 e. The highest BCUT2D eigenvalue weighted by Gasteiger charge is 2.15. The Hall–Kier alpha value is -4.36. The van der Waals surface area contributed by atoms with E-state index in [4.69, 9.17) is 9.72 Å². The maximum absolute atomic E-state index is 13.5. The number of aromatic nitrogens is 2. The fourth-order valence-corrected chi connectivity index (χ4v) is 4.92. The second-order valence-electron chi connectivity index (χ2n) is 8.68. The van der Waals surface area contributed by atoms with Crippen LogP contribution in [0.1, 0.15) is 11.1 Å². The molecule has 1 N–H and O–H groups in total. The lowest BCUT2D eigenvalue weighted by atomic mass is 10.1. The number of carbonyl (C=O) groups is 1. The van der Waals surface area contributed by atoms with E-state index < -0.39 is 0 Å². The van der Waals surface area contributed by atoms with Gasteiger partial charge in [-0.2, -0.15) is 0 Å². The van der Waals surface area contributed by atoms with Gasteiger partial charge in [-0.05, 0) is 73.5 Å². The summed E-state index contributed by atoms with van der Waals surface area (Å²) in [7, 11) is 0. The van der Waals surface area contributed by atoms with Gasteiger partial charge in [-0.1, -0.05) is 54.2 Å². The van der Waals surface area contributed by atoms with Crippen molar-refractivity contribution in [2.24, 2.45) is 0 Å². The summed E-state index contributed by atoms with van der Waals surface area (Å²) >= 11 is 1.23. The van der Waals surface area contributed by atoms with Gasteiger partial charge in [0.15, 0.2) is 5.16 Å². The van der Waals surface area contributed by atoms with Crippen molar-refractivity contribution in [1.29, 1.82) is 0 Å². The third-order valence-electron chi connectivity index (χ3n) is 5.64. The van der Waals surface area contributed by atoms with E-state index in [-0.39, 0.29) is 17.2 Å². The van der Waals surface area contributed by atoms with Crippen molar-refractivity contribution in [3.8, 4) is 17.2 Å². The van der Waals surface area contributed by atoms with Crippen molar-refractivity contribution in [3.63, 3.8) is 0 Å². The summed E-state index contributed by atoms with van der Waals surface area (Å²) in [6.07, 6.45) is 0. The minimum Gasteiger partial charge on any atom is -0.457 e. The molecule has 1 heterocycles. The number of hydrogen-bond acceptors (Lipinski definition) is 5. The molecule has 0 fully saturated rings. The fourth-order valence-electron chi connectivity index (χ4n) is 4.11. The lowest BCUT2D eigenvalue weighted by Crippen LogP contribution is -2.23. The Bertz CT molecular complexity index is 1630. The molecular weight excluding hydrogens is 482 g/mol. The van der Waals surface area contributed by atoms with Gasteiger partial charge in [0.2, 0.25) is 5.91 Å². The molecule has 0 radical (unpaired) electrons. The number of benzene rings is 4. The molecule has 4 aromatic carbocycles. The predicted octanol–water partition coefficient (Wildman–Crippen LogP) is 6.53. The number of amides is 1. The largest absolute Gasteiger partial charge is 0.457 e. The summed E-state index contributed by atoms with van der Waals surface area (Å²) in [5.74, 6) is 1.21. The summed E-state index contributed by atoms with van der Waals surface area (Å²) in [5, 5.41) is 3.91. The van der Waals surface area contributed by atoms with E-state index in [2.05, 4.69) is 11.4 Å². The van der Waals surface area contributed by atoms with Crippen LogP contribution >= 0.6 is 11.8 Å². The predicted molar refractivity (Wildman–Crippen MR) is 149 cm³/mol. The molecular formula is C30H25N3O3S. The van der Waals surface area contributed by atoms with Gasteiger partial charge in [0.25, 0.3) is 5.56 Å². The van der Waals surface area contributed by atoms with E-state index >= 15 is 0 Å². The third kappa shape index (κ3) is 5.73. The van der Waals surface area contributed by atoms with E-state index in [9.17, 15) is 9.59 Å². The zero-order valence-electron chi connectivity index (χ0n) is 20.5. The van der Waals surface area contributed by atoms with Gasteiger partial charge in [-0.25, -0.2) is 4.98 Å². The number of aryl methyl sites for hydroxylation is 2. The molecule has 0 saturated heterocycles. The Morgan fingerprint density at radius 3 is 2.35 bits per heavy atom. The van der Waals surface area contributed by atoms with Crippen LogP contribution in [-0.4, -0.2) is 21.2 Å². The van der Waals surface area contributed by atoms with Crippen molar-refractivity contribution >= 4 is 34.3 Å². The number of ether oxygens (including phenoxy) is 1. The van der Waals surface area contributed by atoms with Gasteiger partial charge >= 0.3 is 0 Å². The fraction of sp³-hybridized carbons (Fsp3) is 0.100. The van der Waals surface area contributed by atoms with Gasteiger partial charge in [-0.15, -0.1) is 0 Å². The van der Waals surface area contributed by atoms with Crippen LogP contribution in [-0.2, 0) is 4.79 Å². The van der Waals surface area contributed by atoms with Crippen LogP contribution in [0, 0.1) is 13.8 Å². The molecule has 0 unspecified atom stereocenters. The first kappa shape index (κ1) is 24.3. The maximum atomic E-state index is 13.5.